The monoisotopic (exact) mass is 1070 g/mol. The van der Waals surface area contributed by atoms with E-state index in [-0.39, 0.29) is 59.4 Å². The van der Waals surface area contributed by atoms with E-state index < -0.39 is 24.2 Å². The van der Waals surface area contributed by atoms with Crippen LogP contribution in [0.25, 0.3) is 11.1 Å². The third-order valence-corrected chi connectivity index (χ3v) is 16.6. The molecule has 0 aromatic heterocycles. The van der Waals surface area contributed by atoms with Gasteiger partial charge < -0.3 is 50.3 Å². The lowest BCUT2D eigenvalue weighted by molar-refractivity contribution is -0.140. The molecule has 0 unspecified atom stereocenters. The maximum absolute atomic E-state index is 14.7. The van der Waals surface area contributed by atoms with Crippen LogP contribution in [0, 0.1) is 11.8 Å². The number of hydrogen-bond donors (Lipinski definition) is 4. The molecular weight excluding hydrogens is 985 g/mol. The van der Waals surface area contributed by atoms with Crippen molar-refractivity contribution in [3.8, 4) is 11.1 Å². The number of ether oxygens (including phenoxy) is 2. The van der Waals surface area contributed by atoms with Crippen molar-refractivity contribution in [3.63, 3.8) is 0 Å². The van der Waals surface area contributed by atoms with Crippen LogP contribution in [0.5, 0.6) is 0 Å². The van der Waals surface area contributed by atoms with Crippen LogP contribution in [-0.4, -0.2) is 171 Å². The van der Waals surface area contributed by atoms with Crippen molar-refractivity contribution in [2.75, 3.05) is 79.8 Å². The van der Waals surface area contributed by atoms with Gasteiger partial charge in [-0.15, -0.1) is 0 Å². The summed E-state index contributed by atoms with van der Waals surface area (Å²) in [6.07, 6.45) is 7.12. The Hall–Kier alpha value is -6.46. The lowest BCUT2D eigenvalue weighted by Gasteiger charge is -2.37. The third-order valence-electron chi connectivity index (χ3n) is 16.6. The first kappa shape index (κ1) is 57.7. The predicted octanol–water partition coefficient (Wildman–Crippen LogP) is 5.74. The minimum Gasteiger partial charge on any atom is -0.381 e. The second kappa shape index (κ2) is 28.4. The summed E-state index contributed by atoms with van der Waals surface area (Å²) in [5.41, 5.74) is 5.06. The molecule has 4 N–H and O–H groups in total. The molecule has 0 spiro atoms. The fourth-order valence-corrected chi connectivity index (χ4v) is 11.5. The number of carbonyl (C=O) groups is 6. The van der Waals surface area contributed by atoms with Gasteiger partial charge in [-0.1, -0.05) is 84.9 Å². The van der Waals surface area contributed by atoms with E-state index >= 15 is 0 Å². The summed E-state index contributed by atoms with van der Waals surface area (Å²) in [5, 5.41) is 12.2. The molecule has 16 heteroatoms. The summed E-state index contributed by atoms with van der Waals surface area (Å²) in [7, 11) is 3.45. The highest BCUT2D eigenvalue weighted by molar-refractivity contribution is 5.96. The number of likely N-dealkylation sites (N-methyl/N-ethyl adjacent to an activating group) is 2. The van der Waals surface area contributed by atoms with Gasteiger partial charge in [-0.05, 0) is 151 Å². The second-order valence-corrected chi connectivity index (χ2v) is 21.7. The van der Waals surface area contributed by atoms with E-state index in [1.807, 2.05) is 105 Å². The predicted molar refractivity (Wildman–Crippen MR) is 301 cm³/mol. The van der Waals surface area contributed by atoms with Crippen LogP contribution in [0.3, 0.4) is 0 Å². The van der Waals surface area contributed by atoms with Gasteiger partial charge >= 0.3 is 0 Å². The molecule has 4 fully saturated rings. The molecule has 6 amide bonds. The SMILES string of the molecule is CN[C@@H](C)C(=O)N[C@H](C(=O)N1CCC[C@H]1CN(CCc1ccccc1)C(=O)c1ccc(-c2ccc(C(=O)N(CCc3ccccc3)C[C@@H]3CCCN3C(=O)[C@@H](NC(=O)[C@H](C)NC)C3CCOCC3)cc2)cc1)C1CCOCC1. The van der Waals surface area contributed by atoms with Gasteiger partial charge in [0.25, 0.3) is 11.8 Å². The number of nitrogens with zero attached hydrogens (tertiary/aromatic N) is 4. The summed E-state index contributed by atoms with van der Waals surface area (Å²) in [6.45, 7) is 8.49. The minimum absolute atomic E-state index is 0.0468. The van der Waals surface area contributed by atoms with Gasteiger partial charge in [0.1, 0.15) is 12.1 Å². The molecule has 0 radical (unpaired) electrons. The number of hydrogen-bond acceptors (Lipinski definition) is 10. The Morgan fingerprint density at radius 1 is 0.513 bits per heavy atom. The number of likely N-dealkylation sites (tertiary alicyclic amines) is 2. The van der Waals surface area contributed by atoms with Gasteiger partial charge in [-0.25, -0.2) is 0 Å². The summed E-state index contributed by atoms with van der Waals surface area (Å²) in [4.78, 5) is 92.5. The highest BCUT2D eigenvalue weighted by atomic mass is 16.5. The maximum Gasteiger partial charge on any atom is 0.253 e. The quantitative estimate of drug-likeness (QED) is 0.0715. The number of rotatable bonds is 23. The Morgan fingerprint density at radius 3 is 1.22 bits per heavy atom. The molecule has 4 aliphatic heterocycles. The van der Waals surface area contributed by atoms with Crippen LogP contribution in [0.1, 0.15) is 97.1 Å². The minimum atomic E-state index is -0.680. The first-order valence-corrected chi connectivity index (χ1v) is 28.5. The van der Waals surface area contributed by atoms with E-state index in [0.29, 0.717) is 115 Å². The summed E-state index contributed by atoms with van der Waals surface area (Å²) >= 11 is 0. The largest absolute Gasteiger partial charge is 0.381 e. The number of carbonyl (C=O) groups excluding carboxylic acids is 6. The molecule has 418 valence electrons. The molecule has 4 aliphatic rings. The maximum atomic E-state index is 14.7. The van der Waals surface area contributed by atoms with Crippen LogP contribution in [-0.2, 0) is 41.5 Å². The molecule has 0 aliphatic carbocycles. The summed E-state index contributed by atoms with van der Waals surface area (Å²) in [6, 6.07) is 32.6. The molecule has 6 atom stereocenters. The molecule has 4 aromatic rings. The lowest BCUT2D eigenvalue weighted by atomic mass is 9.90. The van der Waals surface area contributed by atoms with Crippen LogP contribution in [0.15, 0.2) is 109 Å². The van der Waals surface area contributed by atoms with Crippen molar-refractivity contribution in [2.45, 2.75) is 114 Å². The van der Waals surface area contributed by atoms with Crippen molar-refractivity contribution in [3.05, 3.63) is 131 Å². The molecule has 0 bridgehead atoms. The van der Waals surface area contributed by atoms with Crippen LogP contribution < -0.4 is 21.3 Å². The molecule has 0 saturated carbocycles. The van der Waals surface area contributed by atoms with Crippen molar-refractivity contribution >= 4 is 35.4 Å². The Balaban J connectivity index is 0.969. The van der Waals surface area contributed by atoms with E-state index in [2.05, 4.69) is 45.5 Å². The zero-order valence-corrected chi connectivity index (χ0v) is 46.2. The Morgan fingerprint density at radius 2 is 0.872 bits per heavy atom. The zero-order valence-electron chi connectivity index (χ0n) is 46.2. The van der Waals surface area contributed by atoms with Crippen LogP contribution in [0.2, 0.25) is 0 Å². The van der Waals surface area contributed by atoms with E-state index in [4.69, 9.17) is 9.47 Å². The van der Waals surface area contributed by atoms with Gasteiger partial charge in [-0.2, -0.15) is 0 Å². The standard InChI is InChI=1S/C62H82N8O8/c1-43(63-3)57(71)65-55(49-29-37-77-38-30-49)61(75)69-33-11-17-53(69)41-67(35-27-45-13-7-5-8-14-45)59(73)51-23-19-47(20-24-51)48-21-25-52(26-22-48)60(74)68(36-28-46-15-9-6-10-16-46)42-54-18-12-34-70(54)62(76)56(50-31-39-78-40-32-50)66-58(72)44(2)64-4/h5-10,13-16,19-26,43-44,49-50,53-56,63-64H,11-12,17-18,27-42H2,1-4H3,(H,65,71)(H,66,72)/t43-,44-,53-,54-,55-,56-/m0/s1. The Bertz CT molecular complexity index is 2410. The van der Waals surface area contributed by atoms with Gasteiger partial charge in [0.15, 0.2) is 0 Å². The molecule has 4 heterocycles. The van der Waals surface area contributed by atoms with E-state index in [1.54, 1.807) is 27.9 Å². The van der Waals surface area contributed by atoms with Crippen molar-refractivity contribution in [2.24, 2.45) is 11.8 Å². The fourth-order valence-electron chi connectivity index (χ4n) is 11.5. The third kappa shape index (κ3) is 15.0. The van der Waals surface area contributed by atoms with Gasteiger partial charge in [0.05, 0.1) is 12.1 Å². The number of benzene rings is 4. The average Bonchev–Trinajstić information content (AvgIpc) is 4.21. The van der Waals surface area contributed by atoms with Crippen LogP contribution in [0.4, 0.5) is 0 Å². The molecule has 4 aromatic carbocycles. The average molecular weight is 1070 g/mol. The van der Waals surface area contributed by atoms with Crippen molar-refractivity contribution < 1.29 is 38.2 Å². The van der Waals surface area contributed by atoms with E-state index in [1.165, 1.54) is 0 Å². The molecule has 16 nitrogen and oxygen atoms in total. The van der Waals surface area contributed by atoms with Gasteiger partial charge in [0.2, 0.25) is 23.6 Å². The van der Waals surface area contributed by atoms with Gasteiger partial charge in [-0.3, -0.25) is 28.8 Å². The Labute approximate surface area is 461 Å². The molecule has 78 heavy (non-hydrogen) atoms. The topological polar surface area (TPSA) is 182 Å². The highest BCUT2D eigenvalue weighted by Crippen LogP contribution is 2.29. The number of nitrogens with one attached hydrogen (secondary N) is 4. The molecule has 4 saturated heterocycles. The van der Waals surface area contributed by atoms with E-state index in [9.17, 15) is 28.8 Å². The summed E-state index contributed by atoms with van der Waals surface area (Å²) in [5.74, 6) is -0.977. The van der Waals surface area contributed by atoms with Crippen molar-refractivity contribution in [1.82, 2.24) is 40.9 Å². The molecular formula is C62H82N8O8. The lowest BCUT2D eigenvalue weighted by Crippen LogP contribution is -2.58. The first-order valence-electron chi connectivity index (χ1n) is 28.5. The fraction of sp³-hybridized carbons (Fsp3) is 0.516. The Kier molecular flexibility index (Phi) is 21.0. The summed E-state index contributed by atoms with van der Waals surface area (Å²) < 4.78 is 11.3. The van der Waals surface area contributed by atoms with Crippen LogP contribution >= 0.6 is 0 Å². The van der Waals surface area contributed by atoms with E-state index in [0.717, 1.165) is 47.9 Å². The highest BCUT2D eigenvalue weighted by Gasteiger charge is 2.42. The van der Waals surface area contributed by atoms with Crippen molar-refractivity contribution in [1.29, 1.82) is 0 Å². The van der Waals surface area contributed by atoms with Gasteiger partial charge in [0, 0.05) is 88.9 Å². The smallest absolute Gasteiger partial charge is 0.253 e. The second-order valence-electron chi connectivity index (χ2n) is 21.7. The molecule has 8 rings (SSSR count). The zero-order chi connectivity index (χ0) is 55.0. The normalized spacial score (nSPS) is 19.6. The first-order chi connectivity index (χ1) is 37.9. The number of amides is 6.